The first kappa shape index (κ1) is 31.3. The molecule has 3 rings (SSSR count). The van der Waals surface area contributed by atoms with Crippen molar-refractivity contribution in [1.82, 2.24) is 5.32 Å². The first-order valence-corrected chi connectivity index (χ1v) is 14.7. The van der Waals surface area contributed by atoms with Crippen LogP contribution in [0.15, 0.2) is 24.3 Å². The van der Waals surface area contributed by atoms with Crippen LogP contribution in [0.4, 0.5) is 10.5 Å². The summed E-state index contributed by atoms with van der Waals surface area (Å²) in [7, 11) is 0. The SMILES string of the molecule is CCCCCCCCCCCCO[C@H]1O[C@H]([C@H](C)NC(=O)Nc2cccc(CC(=O)O)c2)[C@@H]2OC(C)(C)O[C@H]12. The number of urea groups is 1. The molecule has 0 bridgehead atoms. The maximum Gasteiger partial charge on any atom is 0.319 e. The van der Waals surface area contributed by atoms with E-state index in [4.69, 9.17) is 24.1 Å². The van der Waals surface area contributed by atoms with E-state index in [1.165, 1.54) is 51.4 Å². The molecular formula is C30H48N2O7. The number of nitrogens with one attached hydrogen (secondary N) is 2. The molecule has 1 aromatic rings. The molecule has 1 aromatic carbocycles. The van der Waals surface area contributed by atoms with Gasteiger partial charge in [-0.25, -0.2) is 4.79 Å². The Hall–Kier alpha value is -2.20. The van der Waals surface area contributed by atoms with Gasteiger partial charge in [-0.15, -0.1) is 0 Å². The number of ether oxygens (including phenoxy) is 4. The molecule has 2 heterocycles. The molecule has 2 aliphatic rings. The number of hydrogen-bond acceptors (Lipinski definition) is 6. The summed E-state index contributed by atoms with van der Waals surface area (Å²) < 4.78 is 24.6. The zero-order valence-corrected chi connectivity index (χ0v) is 24.1. The summed E-state index contributed by atoms with van der Waals surface area (Å²) in [4.78, 5) is 23.7. The molecule has 3 N–H and O–H groups in total. The summed E-state index contributed by atoms with van der Waals surface area (Å²) in [6.45, 7) is 8.45. The Kier molecular flexibility index (Phi) is 12.5. The van der Waals surface area contributed by atoms with E-state index in [9.17, 15) is 9.59 Å². The third-order valence-electron chi connectivity index (χ3n) is 7.22. The van der Waals surface area contributed by atoms with Crippen molar-refractivity contribution in [2.75, 3.05) is 11.9 Å². The maximum atomic E-state index is 12.7. The van der Waals surface area contributed by atoms with Gasteiger partial charge in [0.15, 0.2) is 12.1 Å². The number of carbonyl (C=O) groups is 2. The van der Waals surface area contributed by atoms with Gasteiger partial charge in [0.1, 0.15) is 18.3 Å². The Morgan fingerprint density at radius 2 is 1.64 bits per heavy atom. The van der Waals surface area contributed by atoms with E-state index in [1.807, 2.05) is 20.8 Å². The van der Waals surface area contributed by atoms with Crippen LogP contribution in [0.2, 0.25) is 0 Å². The molecule has 0 spiro atoms. The highest BCUT2D eigenvalue weighted by Crippen LogP contribution is 2.40. The number of unbranched alkanes of at least 4 members (excludes halogenated alkanes) is 9. The molecule has 5 atom stereocenters. The van der Waals surface area contributed by atoms with Gasteiger partial charge in [0.05, 0.1) is 12.5 Å². The van der Waals surface area contributed by atoms with Crippen molar-refractivity contribution in [3.63, 3.8) is 0 Å². The Morgan fingerprint density at radius 3 is 2.31 bits per heavy atom. The van der Waals surface area contributed by atoms with Crippen molar-refractivity contribution in [3.8, 4) is 0 Å². The van der Waals surface area contributed by atoms with E-state index in [0.29, 0.717) is 17.9 Å². The van der Waals surface area contributed by atoms with E-state index in [2.05, 4.69) is 17.6 Å². The van der Waals surface area contributed by atoms with Gasteiger partial charge in [0.25, 0.3) is 0 Å². The zero-order valence-electron chi connectivity index (χ0n) is 24.1. The molecule has 2 amide bonds. The number of hydrogen-bond donors (Lipinski definition) is 3. The average Bonchev–Trinajstić information content (AvgIpc) is 3.35. The lowest BCUT2D eigenvalue weighted by Crippen LogP contribution is -2.48. The molecule has 0 radical (unpaired) electrons. The molecule has 2 aliphatic heterocycles. The first-order valence-electron chi connectivity index (χ1n) is 14.7. The summed E-state index contributed by atoms with van der Waals surface area (Å²) in [6, 6.07) is 5.98. The van der Waals surface area contributed by atoms with Gasteiger partial charge in [-0.05, 0) is 44.9 Å². The highest BCUT2D eigenvalue weighted by atomic mass is 16.8. The average molecular weight is 549 g/mol. The monoisotopic (exact) mass is 548 g/mol. The Bertz CT molecular complexity index is 909. The third-order valence-corrected chi connectivity index (χ3v) is 7.22. The van der Waals surface area contributed by atoms with Gasteiger partial charge >= 0.3 is 12.0 Å². The number of fused-ring (bicyclic) bond motifs is 1. The van der Waals surface area contributed by atoms with Crippen LogP contribution in [0.3, 0.4) is 0 Å². The van der Waals surface area contributed by atoms with Gasteiger partial charge in [0, 0.05) is 12.3 Å². The molecule has 39 heavy (non-hydrogen) atoms. The number of carbonyl (C=O) groups excluding carboxylic acids is 1. The summed E-state index contributed by atoms with van der Waals surface area (Å²) in [5, 5.41) is 14.7. The molecule has 2 saturated heterocycles. The van der Waals surface area contributed by atoms with Crippen LogP contribution in [0.1, 0.15) is 97.5 Å². The predicted octanol–water partition coefficient (Wildman–Crippen LogP) is 6.01. The Balaban J connectivity index is 1.42. The second-order valence-electron chi connectivity index (χ2n) is 11.2. The van der Waals surface area contributed by atoms with Crippen LogP contribution in [0.5, 0.6) is 0 Å². The lowest BCUT2D eigenvalue weighted by atomic mass is 10.1. The summed E-state index contributed by atoms with van der Waals surface area (Å²) in [6.07, 6.45) is 10.8. The molecule has 9 heteroatoms. The number of carboxylic acids is 1. The fraction of sp³-hybridized carbons (Fsp3) is 0.733. The van der Waals surface area contributed by atoms with Gasteiger partial charge in [-0.2, -0.15) is 0 Å². The second-order valence-corrected chi connectivity index (χ2v) is 11.2. The fourth-order valence-corrected chi connectivity index (χ4v) is 5.31. The Morgan fingerprint density at radius 1 is 1.00 bits per heavy atom. The van der Waals surface area contributed by atoms with Crippen molar-refractivity contribution in [2.45, 2.75) is 135 Å². The van der Waals surface area contributed by atoms with Gasteiger partial charge < -0.3 is 34.7 Å². The minimum Gasteiger partial charge on any atom is -0.481 e. The highest BCUT2D eigenvalue weighted by Gasteiger charge is 2.57. The van der Waals surface area contributed by atoms with E-state index in [-0.39, 0.29) is 24.7 Å². The van der Waals surface area contributed by atoms with Crippen LogP contribution < -0.4 is 10.6 Å². The maximum absolute atomic E-state index is 12.7. The highest BCUT2D eigenvalue weighted by molar-refractivity contribution is 5.89. The zero-order chi connectivity index (χ0) is 28.3. The normalized spacial score (nSPS) is 24.3. The third kappa shape index (κ3) is 10.4. The van der Waals surface area contributed by atoms with E-state index < -0.39 is 30.2 Å². The summed E-state index contributed by atoms with van der Waals surface area (Å²) >= 11 is 0. The van der Waals surface area contributed by atoms with Gasteiger partial charge in [-0.1, -0.05) is 76.8 Å². The molecular weight excluding hydrogens is 500 g/mol. The fourth-order valence-electron chi connectivity index (χ4n) is 5.31. The van der Waals surface area contributed by atoms with Crippen molar-refractivity contribution in [3.05, 3.63) is 29.8 Å². The number of carboxylic acid groups (broad SMARTS) is 1. The molecule has 2 fully saturated rings. The Labute approximate surface area is 233 Å². The van der Waals surface area contributed by atoms with Crippen LogP contribution in [0.25, 0.3) is 0 Å². The van der Waals surface area contributed by atoms with Gasteiger partial charge in [0.2, 0.25) is 0 Å². The number of anilines is 1. The van der Waals surface area contributed by atoms with Gasteiger partial charge in [-0.3, -0.25) is 4.79 Å². The molecule has 0 unspecified atom stereocenters. The van der Waals surface area contributed by atoms with E-state index >= 15 is 0 Å². The van der Waals surface area contributed by atoms with Crippen molar-refractivity contribution in [1.29, 1.82) is 0 Å². The quantitative estimate of drug-likeness (QED) is 0.204. The van der Waals surface area contributed by atoms with Crippen molar-refractivity contribution >= 4 is 17.7 Å². The van der Waals surface area contributed by atoms with E-state index in [1.54, 1.807) is 24.3 Å². The molecule has 220 valence electrons. The minimum atomic E-state index is -0.926. The second kappa shape index (κ2) is 15.6. The van der Waals surface area contributed by atoms with Crippen molar-refractivity contribution in [2.24, 2.45) is 0 Å². The van der Waals surface area contributed by atoms with Crippen LogP contribution >= 0.6 is 0 Å². The number of aliphatic carboxylic acids is 1. The largest absolute Gasteiger partial charge is 0.481 e. The van der Waals surface area contributed by atoms with Crippen LogP contribution in [0, 0.1) is 0 Å². The molecule has 0 saturated carbocycles. The predicted molar refractivity (Wildman–Crippen MR) is 150 cm³/mol. The van der Waals surface area contributed by atoms with Crippen LogP contribution in [-0.2, 0) is 30.2 Å². The van der Waals surface area contributed by atoms with Crippen molar-refractivity contribution < 1.29 is 33.6 Å². The molecule has 9 nitrogen and oxygen atoms in total. The minimum absolute atomic E-state index is 0.111. The first-order chi connectivity index (χ1) is 18.7. The summed E-state index contributed by atoms with van der Waals surface area (Å²) in [5.41, 5.74) is 1.12. The van der Waals surface area contributed by atoms with Crippen LogP contribution in [-0.4, -0.2) is 60.1 Å². The lowest BCUT2D eigenvalue weighted by molar-refractivity contribution is -0.235. The smallest absolute Gasteiger partial charge is 0.319 e. The number of rotatable bonds is 17. The number of benzene rings is 1. The standard InChI is InChI=1S/C30H48N2O7/c1-5-6-7-8-9-10-11-12-13-14-18-36-28-27-26(38-30(3,4)39-27)25(37-28)21(2)31-29(35)32-23-17-15-16-22(19-23)20-24(33)34/h15-17,19,21,25-28H,5-14,18,20H2,1-4H3,(H,33,34)(H2,31,32,35)/t21-,25+,26-,27-,28-/m0/s1. The molecule has 0 aromatic heterocycles. The van der Waals surface area contributed by atoms with E-state index in [0.717, 1.165) is 12.8 Å². The summed E-state index contributed by atoms with van der Waals surface area (Å²) in [5.74, 6) is -1.69. The molecule has 0 aliphatic carbocycles. The topological polar surface area (TPSA) is 115 Å². The lowest BCUT2D eigenvalue weighted by Gasteiger charge is -2.27. The number of amides is 2.